The van der Waals surface area contributed by atoms with E-state index in [9.17, 15) is 9.59 Å². The Balaban J connectivity index is 1.64. The van der Waals surface area contributed by atoms with Crippen LogP contribution in [0.3, 0.4) is 0 Å². The predicted octanol–water partition coefficient (Wildman–Crippen LogP) is 4.17. The van der Waals surface area contributed by atoms with Crippen LogP contribution in [0.25, 0.3) is 10.1 Å². The van der Waals surface area contributed by atoms with Gasteiger partial charge in [-0.2, -0.15) is 0 Å². The van der Waals surface area contributed by atoms with Gasteiger partial charge in [0.15, 0.2) is 0 Å². The lowest BCUT2D eigenvalue weighted by molar-refractivity contribution is -0.137. The SMILES string of the molecule is O=C(O)C[C@@H](CC(=O)NCc1csc2ccccc12)c1ccccc1. The molecule has 25 heavy (non-hydrogen) atoms. The molecule has 3 aromatic rings. The van der Waals surface area contributed by atoms with Crippen molar-refractivity contribution in [1.29, 1.82) is 0 Å². The van der Waals surface area contributed by atoms with Gasteiger partial charge in [-0.05, 0) is 28.0 Å². The smallest absolute Gasteiger partial charge is 0.303 e. The lowest BCUT2D eigenvalue weighted by Gasteiger charge is -2.15. The fourth-order valence-corrected chi connectivity index (χ4v) is 3.87. The van der Waals surface area contributed by atoms with Crippen molar-refractivity contribution in [2.75, 3.05) is 0 Å². The number of carboxylic acids is 1. The molecule has 0 saturated heterocycles. The molecule has 128 valence electrons. The molecule has 1 atom stereocenters. The topological polar surface area (TPSA) is 66.4 Å². The fourth-order valence-electron chi connectivity index (χ4n) is 2.90. The fraction of sp³-hybridized carbons (Fsp3) is 0.200. The van der Waals surface area contributed by atoms with E-state index < -0.39 is 5.97 Å². The molecule has 4 nitrogen and oxygen atoms in total. The molecule has 0 aliphatic rings. The Bertz CT molecular complexity index is 873. The standard InChI is InChI=1S/C20H19NO3S/c22-19(10-15(11-20(23)24)14-6-2-1-3-7-14)21-12-16-13-25-18-9-5-4-8-17(16)18/h1-9,13,15H,10-12H2,(H,21,22)(H,23,24)/t15-/m1/s1. The van der Waals surface area contributed by atoms with Gasteiger partial charge < -0.3 is 10.4 Å². The number of benzene rings is 2. The molecule has 0 unspecified atom stereocenters. The molecule has 5 heteroatoms. The first-order chi connectivity index (χ1) is 12.1. The molecule has 0 fully saturated rings. The van der Waals surface area contributed by atoms with Crippen molar-refractivity contribution in [2.24, 2.45) is 0 Å². The van der Waals surface area contributed by atoms with Crippen molar-refractivity contribution in [3.05, 3.63) is 71.1 Å². The molecule has 3 rings (SSSR count). The second-order valence-electron chi connectivity index (χ2n) is 5.94. The number of thiophene rings is 1. The van der Waals surface area contributed by atoms with Crippen LogP contribution >= 0.6 is 11.3 Å². The predicted molar refractivity (Wildman–Crippen MR) is 99.7 cm³/mol. The first kappa shape index (κ1) is 17.2. The number of carbonyl (C=O) groups is 2. The number of amides is 1. The molecule has 2 N–H and O–H groups in total. The molecule has 0 bridgehead atoms. The van der Waals surface area contributed by atoms with E-state index in [-0.39, 0.29) is 24.7 Å². The maximum absolute atomic E-state index is 12.3. The lowest BCUT2D eigenvalue weighted by Crippen LogP contribution is -2.25. The minimum absolute atomic E-state index is 0.0567. The summed E-state index contributed by atoms with van der Waals surface area (Å²) < 4.78 is 1.19. The molecular formula is C20H19NO3S. The Morgan fingerprint density at radius 3 is 2.48 bits per heavy atom. The third-order valence-corrected chi connectivity index (χ3v) is 5.17. The second kappa shape index (κ2) is 7.94. The van der Waals surface area contributed by atoms with Gasteiger partial charge in [-0.25, -0.2) is 0 Å². The van der Waals surface area contributed by atoms with Crippen molar-refractivity contribution in [1.82, 2.24) is 5.32 Å². The summed E-state index contributed by atoms with van der Waals surface area (Å²) in [6.07, 6.45) is 0.108. The molecule has 0 spiro atoms. The van der Waals surface area contributed by atoms with Gasteiger partial charge in [0.1, 0.15) is 0 Å². The summed E-state index contributed by atoms with van der Waals surface area (Å²) in [6.45, 7) is 0.456. The minimum atomic E-state index is -0.898. The lowest BCUT2D eigenvalue weighted by atomic mass is 9.92. The average Bonchev–Trinajstić information content (AvgIpc) is 3.03. The molecule has 1 heterocycles. The molecule has 1 aromatic heterocycles. The molecular weight excluding hydrogens is 334 g/mol. The quantitative estimate of drug-likeness (QED) is 0.670. The van der Waals surface area contributed by atoms with Gasteiger partial charge in [-0.1, -0.05) is 48.5 Å². The van der Waals surface area contributed by atoms with Crippen LogP contribution in [-0.2, 0) is 16.1 Å². The average molecular weight is 353 g/mol. The minimum Gasteiger partial charge on any atom is -0.481 e. The van der Waals surface area contributed by atoms with Crippen LogP contribution in [0.5, 0.6) is 0 Å². The van der Waals surface area contributed by atoms with E-state index in [1.165, 1.54) is 4.70 Å². The van der Waals surface area contributed by atoms with Gasteiger partial charge >= 0.3 is 5.97 Å². The van der Waals surface area contributed by atoms with Crippen LogP contribution in [-0.4, -0.2) is 17.0 Å². The first-order valence-corrected chi connectivity index (χ1v) is 9.00. The van der Waals surface area contributed by atoms with E-state index >= 15 is 0 Å². The highest BCUT2D eigenvalue weighted by Crippen LogP contribution is 2.26. The maximum atomic E-state index is 12.3. The number of fused-ring (bicyclic) bond motifs is 1. The largest absolute Gasteiger partial charge is 0.481 e. The summed E-state index contributed by atoms with van der Waals surface area (Å²) >= 11 is 1.66. The van der Waals surface area contributed by atoms with Gasteiger partial charge in [-0.15, -0.1) is 11.3 Å². The van der Waals surface area contributed by atoms with Crippen LogP contribution in [0, 0.1) is 0 Å². The van der Waals surface area contributed by atoms with Crippen molar-refractivity contribution in [3.8, 4) is 0 Å². The first-order valence-electron chi connectivity index (χ1n) is 8.12. The number of carboxylic acid groups (broad SMARTS) is 1. The third-order valence-electron chi connectivity index (χ3n) is 4.16. The van der Waals surface area contributed by atoms with Gasteiger partial charge in [0, 0.05) is 23.6 Å². The van der Waals surface area contributed by atoms with E-state index in [0.717, 1.165) is 16.5 Å². The molecule has 1 amide bonds. The summed E-state index contributed by atoms with van der Waals surface area (Å²) in [7, 11) is 0. The monoisotopic (exact) mass is 353 g/mol. The highest BCUT2D eigenvalue weighted by molar-refractivity contribution is 7.17. The molecule has 0 radical (unpaired) electrons. The number of aliphatic carboxylic acids is 1. The Morgan fingerprint density at radius 2 is 1.72 bits per heavy atom. The van der Waals surface area contributed by atoms with E-state index in [1.807, 2.05) is 48.5 Å². The summed E-state index contributed by atoms with van der Waals surface area (Å²) in [5.41, 5.74) is 1.96. The van der Waals surface area contributed by atoms with Crippen LogP contribution in [0.2, 0.25) is 0 Å². The zero-order chi connectivity index (χ0) is 17.6. The van der Waals surface area contributed by atoms with E-state index in [2.05, 4.69) is 16.8 Å². The van der Waals surface area contributed by atoms with E-state index in [0.29, 0.717) is 6.54 Å². The number of nitrogens with one attached hydrogen (secondary N) is 1. The van der Waals surface area contributed by atoms with Crippen LogP contribution < -0.4 is 5.32 Å². The second-order valence-corrected chi connectivity index (χ2v) is 6.85. The van der Waals surface area contributed by atoms with Gasteiger partial charge in [0.05, 0.1) is 6.42 Å². The van der Waals surface area contributed by atoms with Gasteiger partial charge in [0.2, 0.25) is 5.91 Å². The van der Waals surface area contributed by atoms with Crippen molar-refractivity contribution in [2.45, 2.75) is 25.3 Å². The maximum Gasteiger partial charge on any atom is 0.303 e. The number of rotatable bonds is 7. The van der Waals surface area contributed by atoms with Crippen molar-refractivity contribution >= 4 is 33.3 Å². The Kier molecular flexibility index (Phi) is 5.46. The number of carbonyl (C=O) groups excluding carboxylic acids is 1. The normalized spacial score (nSPS) is 12.0. The Hall–Kier alpha value is -2.66. The van der Waals surface area contributed by atoms with Crippen LogP contribution in [0.1, 0.15) is 29.9 Å². The summed E-state index contributed by atoms with van der Waals surface area (Å²) in [6, 6.07) is 17.4. The molecule has 0 saturated carbocycles. The van der Waals surface area contributed by atoms with Crippen molar-refractivity contribution in [3.63, 3.8) is 0 Å². The summed E-state index contributed by atoms with van der Waals surface area (Å²) in [5.74, 6) is -1.35. The number of hydrogen-bond acceptors (Lipinski definition) is 3. The third kappa shape index (κ3) is 4.45. The van der Waals surface area contributed by atoms with Crippen LogP contribution in [0.4, 0.5) is 0 Å². The molecule has 0 aliphatic heterocycles. The number of hydrogen-bond donors (Lipinski definition) is 2. The highest BCUT2D eigenvalue weighted by Gasteiger charge is 2.19. The van der Waals surface area contributed by atoms with Gasteiger partial charge in [-0.3, -0.25) is 9.59 Å². The Morgan fingerprint density at radius 1 is 1.00 bits per heavy atom. The summed E-state index contributed by atoms with van der Waals surface area (Å²) in [4.78, 5) is 23.5. The van der Waals surface area contributed by atoms with E-state index in [1.54, 1.807) is 11.3 Å². The zero-order valence-corrected chi connectivity index (χ0v) is 14.5. The molecule has 0 aliphatic carbocycles. The Labute approximate surface area is 150 Å². The van der Waals surface area contributed by atoms with Crippen LogP contribution in [0.15, 0.2) is 60.0 Å². The molecule has 2 aromatic carbocycles. The van der Waals surface area contributed by atoms with Gasteiger partial charge in [0.25, 0.3) is 0 Å². The summed E-state index contributed by atoms with van der Waals surface area (Å²) in [5, 5.41) is 15.3. The zero-order valence-electron chi connectivity index (χ0n) is 13.6. The van der Waals surface area contributed by atoms with Crippen molar-refractivity contribution < 1.29 is 14.7 Å². The van der Waals surface area contributed by atoms with E-state index in [4.69, 9.17) is 5.11 Å². The highest BCUT2D eigenvalue weighted by atomic mass is 32.1.